The summed E-state index contributed by atoms with van der Waals surface area (Å²) in [7, 11) is 0. The molecule has 1 atom stereocenters. The van der Waals surface area contributed by atoms with E-state index >= 15 is 0 Å². The molecule has 15 heavy (non-hydrogen) atoms. The maximum absolute atomic E-state index is 4.21. The van der Waals surface area contributed by atoms with Gasteiger partial charge in [-0.05, 0) is 20.3 Å². The van der Waals surface area contributed by atoms with Crippen molar-refractivity contribution in [3.05, 3.63) is 23.8 Å². The highest BCUT2D eigenvalue weighted by atomic mass is 15.3. The van der Waals surface area contributed by atoms with E-state index < -0.39 is 0 Å². The molecule has 4 nitrogen and oxygen atoms in total. The molecule has 1 aliphatic heterocycles. The van der Waals surface area contributed by atoms with Crippen molar-refractivity contribution >= 4 is 0 Å². The SMILES string of the molecule is CC(C)=CCN[C@H]1CCc2ncnn2C1. The topological polar surface area (TPSA) is 42.7 Å². The minimum Gasteiger partial charge on any atom is -0.309 e. The molecule has 0 aliphatic carbocycles. The molecule has 1 N–H and O–H groups in total. The largest absolute Gasteiger partial charge is 0.309 e. The first-order valence-electron chi connectivity index (χ1n) is 5.49. The Hall–Kier alpha value is -1.16. The number of rotatable bonds is 3. The molecule has 82 valence electrons. The van der Waals surface area contributed by atoms with Crippen molar-refractivity contribution in [3.8, 4) is 0 Å². The van der Waals surface area contributed by atoms with E-state index in [0.717, 1.165) is 31.8 Å². The minimum atomic E-state index is 0.537. The summed E-state index contributed by atoms with van der Waals surface area (Å²) < 4.78 is 2.00. The van der Waals surface area contributed by atoms with E-state index in [0.29, 0.717) is 6.04 Å². The Labute approximate surface area is 90.4 Å². The fourth-order valence-corrected chi connectivity index (χ4v) is 1.83. The molecular formula is C11H18N4. The van der Waals surface area contributed by atoms with Gasteiger partial charge in [-0.3, -0.25) is 0 Å². The summed E-state index contributed by atoms with van der Waals surface area (Å²) in [5.74, 6) is 1.12. The molecule has 1 aromatic heterocycles. The van der Waals surface area contributed by atoms with Gasteiger partial charge in [-0.25, -0.2) is 9.67 Å². The van der Waals surface area contributed by atoms with Crippen LogP contribution in [0.2, 0.25) is 0 Å². The number of allylic oxidation sites excluding steroid dienone is 1. The van der Waals surface area contributed by atoms with Gasteiger partial charge in [0.2, 0.25) is 0 Å². The highest BCUT2D eigenvalue weighted by molar-refractivity contribution is 4.96. The lowest BCUT2D eigenvalue weighted by Gasteiger charge is -2.23. The zero-order chi connectivity index (χ0) is 10.7. The van der Waals surface area contributed by atoms with E-state index in [1.165, 1.54) is 5.57 Å². The number of hydrogen-bond donors (Lipinski definition) is 1. The van der Waals surface area contributed by atoms with Crippen LogP contribution in [0.15, 0.2) is 18.0 Å². The fourth-order valence-electron chi connectivity index (χ4n) is 1.83. The Morgan fingerprint density at radius 2 is 2.53 bits per heavy atom. The van der Waals surface area contributed by atoms with Crippen molar-refractivity contribution in [2.75, 3.05) is 6.54 Å². The monoisotopic (exact) mass is 206 g/mol. The highest BCUT2D eigenvalue weighted by Crippen LogP contribution is 2.10. The average Bonchev–Trinajstić information content (AvgIpc) is 2.64. The van der Waals surface area contributed by atoms with Crippen molar-refractivity contribution in [1.29, 1.82) is 0 Å². The molecule has 0 unspecified atom stereocenters. The molecule has 0 amide bonds. The second-order valence-electron chi connectivity index (χ2n) is 4.28. The first kappa shape index (κ1) is 10.4. The second-order valence-corrected chi connectivity index (χ2v) is 4.28. The molecule has 2 heterocycles. The number of nitrogens with zero attached hydrogens (tertiary/aromatic N) is 3. The van der Waals surface area contributed by atoms with Crippen molar-refractivity contribution in [2.24, 2.45) is 0 Å². The maximum Gasteiger partial charge on any atom is 0.138 e. The van der Waals surface area contributed by atoms with Crippen LogP contribution >= 0.6 is 0 Å². The van der Waals surface area contributed by atoms with Gasteiger partial charge < -0.3 is 5.32 Å². The third-order valence-electron chi connectivity index (χ3n) is 2.72. The predicted molar refractivity (Wildman–Crippen MR) is 59.6 cm³/mol. The lowest BCUT2D eigenvalue weighted by atomic mass is 10.1. The van der Waals surface area contributed by atoms with Crippen LogP contribution < -0.4 is 5.32 Å². The molecule has 0 saturated heterocycles. The Kier molecular flexibility index (Phi) is 3.16. The highest BCUT2D eigenvalue weighted by Gasteiger charge is 2.18. The van der Waals surface area contributed by atoms with Crippen molar-refractivity contribution < 1.29 is 0 Å². The summed E-state index contributed by atoms with van der Waals surface area (Å²) in [5, 5.41) is 7.72. The average molecular weight is 206 g/mol. The first-order chi connectivity index (χ1) is 7.25. The van der Waals surface area contributed by atoms with Gasteiger partial charge >= 0.3 is 0 Å². The van der Waals surface area contributed by atoms with Crippen molar-refractivity contribution in [2.45, 2.75) is 39.3 Å². The van der Waals surface area contributed by atoms with E-state index in [1.807, 2.05) is 4.68 Å². The van der Waals surface area contributed by atoms with Gasteiger partial charge in [0.1, 0.15) is 12.2 Å². The molecule has 1 aliphatic rings. The van der Waals surface area contributed by atoms with E-state index in [2.05, 4.69) is 35.3 Å². The maximum atomic E-state index is 4.21. The number of aromatic nitrogens is 3. The van der Waals surface area contributed by atoms with Crippen LogP contribution in [0.4, 0.5) is 0 Å². The summed E-state index contributed by atoms with van der Waals surface area (Å²) in [5.41, 5.74) is 1.36. The third kappa shape index (κ3) is 2.65. The second kappa shape index (κ2) is 4.57. The summed E-state index contributed by atoms with van der Waals surface area (Å²) in [6, 6.07) is 0.537. The molecule has 0 aromatic carbocycles. The van der Waals surface area contributed by atoms with Crippen LogP contribution in [0, 0.1) is 0 Å². The molecular weight excluding hydrogens is 188 g/mol. The Morgan fingerprint density at radius 3 is 3.33 bits per heavy atom. The normalized spacial score (nSPS) is 19.7. The minimum absolute atomic E-state index is 0.537. The summed E-state index contributed by atoms with van der Waals surface area (Å²) in [6.45, 7) is 6.15. The molecule has 0 bridgehead atoms. The van der Waals surface area contributed by atoms with Crippen molar-refractivity contribution in [3.63, 3.8) is 0 Å². The lowest BCUT2D eigenvalue weighted by Crippen LogP contribution is -2.37. The molecule has 2 rings (SSSR count). The molecule has 1 aromatic rings. The van der Waals surface area contributed by atoms with Crippen LogP contribution in [0.25, 0.3) is 0 Å². The number of nitrogens with one attached hydrogen (secondary N) is 1. The zero-order valence-electron chi connectivity index (χ0n) is 9.40. The van der Waals surface area contributed by atoms with Crippen molar-refractivity contribution in [1.82, 2.24) is 20.1 Å². The Balaban J connectivity index is 1.85. The van der Waals surface area contributed by atoms with Gasteiger partial charge in [0.05, 0.1) is 6.54 Å². The predicted octanol–water partition coefficient (Wildman–Crippen LogP) is 1.15. The first-order valence-corrected chi connectivity index (χ1v) is 5.49. The van der Waals surface area contributed by atoms with Crippen LogP contribution in [-0.2, 0) is 13.0 Å². The molecule has 0 spiro atoms. The zero-order valence-corrected chi connectivity index (χ0v) is 9.40. The number of aryl methyl sites for hydroxylation is 1. The Bertz CT molecular complexity index is 349. The van der Waals surface area contributed by atoms with Gasteiger partial charge in [0.25, 0.3) is 0 Å². The molecule has 0 radical (unpaired) electrons. The fraction of sp³-hybridized carbons (Fsp3) is 0.636. The van der Waals surface area contributed by atoms with E-state index in [4.69, 9.17) is 0 Å². The number of fused-ring (bicyclic) bond motifs is 1. The summed E-state index contributed by atoms with van der Waals surface area (Å²) in [4.78, 5) is 4.21. The van der Waals surface area contributed by atoms with Crippen LogP contribution in [-0.4, -0.2) is 27.4 Å². The summed E-state index contributed by atoms with van der Waals surface area (Å²) in [6.07, 6.45) is 6.06. The van der Waals surface area contributed by atoms with Crippen LogP contribution in [0.5, 0.6) is 0 Å². The van der Waals surface area contributed by atoms with E-state index in [-0.39, 0.29) is 0 Å². The number of hydrogen-bond acceptors (Lipinski definition) is 3. The van der Waals surface area contributed by atoms with Crippen LogP contribution in [0.3, 0.4) is 0 Å². The molecule has 4 heteroatoms. The Morgan fingerprint density at radius 1 is 1.67 bits per heavy atom. The quantitative estimate of drug-likeness (QED) is 0.754. The van der Waals surface area contributed by atoms with Gasteiger partial charge in [0, 0.05) is 19.0 Å². The van der Waals surface area contributed by atoms with E-state index in [9.17, 15) is 0 Å². The standard InChI is InChI=1S/C11H18N4/c1-9(2)5-6-12-10-3-4-11-13-8-14-15(11)7-10/h5,8,10,12H,3-4,6-7H2,1-2H3/t10-/m0/s1. The van der Waals surface area contributed by atoms with Gasteiger partial charge in [-0.1, -0.05) is 11.6 Å². The lowest BCUT2D eigenvalue weighted by molar-refractivity contribution is 0.369. The summed E-state index contributed by atoms with van der Waals surface area (Å²) >= 11 is 0. The van der Waals surface area contributed by atoms with E-state index in [1.54, 1.807) is 6.33 Å². The smallest absolute Gasteiger partial charge is 0.138 e. The molecule has 0 saturated carbocycles. The molecule has 0 fully saturated rings. The van der Waals surface area contributed by atoms with Gasteiger partial charge in [0.15, 0.2) is 0 Å². The van der Waals surface area contributed by atoms with Crippen LogP contribution in [0.1, 0.15) is 26.1 Å². The van der Waals surface area contributed by atoms with Gasteiger partial charge in [-0.15, -0.1) is 0 Å². The third-order valence-corrected chi connectivity index (χ3v) is 2.72. The van der Waals surface area contributed by atoms with Gasteiger partial charge in [-0.2, -0.15) is 5.10 Å².